The number of rotatable bonds is 3. The molecular formula is C15H13ClN4O. The lowest BCUT2D eigenvalue weighted by atomic mass is 10.2. The van der Waals surface area contributed by atoms with E-state index in [2.05, 4.69) is 15.6 Å². The lowest BCUT2D eigenvalue weighted by molar-refractivity contribution is 0.102. The van der Waals surface area contributed by atoms with Crippen molar-refractivity contribution in [2.75, 3.05) is 17.7 Å². The molecule has 6 heteroatoms. The van der Waals surface area contributed by atoms with Crippen molar-refractivity contribution in [2.24, 2.45) is 0 Å². The molecule has 1 amide bonds. The van der Waals surface area contributed by atoms with Gasteiger partial charge in [0.1, 0.15) is 5.82 Å². The number of amides is 1. The Balaban J connectivity index is 2.26. The molecule has 0 saturated heterocycles. The molecule has 0 bridgehead atoms. The average molecular weight is 301 g/mol. The van der Waals surface area contributed by atoms with Crippen molar-refractivity contribution in [3.63, 3.8) is 0 Å². The molecule has 0 unspecified atom stereocenters. The summed E-state index contributed by atoms with van der Waals surface area (Å²) in [6.45, 7) is 1.81. The number of nitriles is 1. The second kappa shape index (κ2) is 6.25. The smallest absolute Gasteiger partial charge is 0.255 e. The highest BCUT2D eigenvalue weighted by molar-refractivity contribution is 6.34. The van der Waals surface area contributed by atoms with E-state index in [0.717, 1.165) is 5.69 Å². The van der Waals surface area contributed by atoms with Crippen molar-refractivity contribution >= 4 is 29.0 Å². The topological polar surface area (TPSA) is 77.8 Å². The van der Waals surface area contributed by atoms with Crippen molar-refractivity contribution in [1.82, 2.24) is 4.98 Å². The van der Waals surface area contributed by atoms with E-state index in [0.29, 0.717) is 27.7 Å². The van der Waals surface area contributed by atoms with Gasteiger partial charge in [0.15, 0.2) is 0 Å². The summed E-state index contributed by atoms with van der Waals surface area (Å²) in [6, 6.07) is 10.0. The number of pyridine rings is 1. The quantitative estimate of drug-likeness (QED) is 0.912. The number of carbonyl (C=O) groups excluding carboxylic acids is 1. The lowest BCUT2D eigenvalue weighted by Gasteiger charge is -2.09. The second-order valence-electron chi connectivity index (χ2n) is 4.39. The van der Waals surface area contributed by atoms with Gasteiger partial charge in [-0.2, -0.15) is 5.26 Å². The Morgan fingerprint density at radius 3 is 2.71 bits per heavy atom. The van der Waals surface area contributed by atoms with E-state index in [1.54, 1.807) is 31.3 Å². The number of aryl methyl sites for hydroxylation is 1. The van der Waals surface area contributed by atoms with Crippen LogP contribution in [0.25, 0.3) is 0 Å². The summed E-state index contributed by atoms with van der Waals surface area (Å²) >= 11 is 6.04. The summed E-state index contributed by atoms with van der Waals surface area (Å²) < 4.78 is 0. The summed E-state index contributed by atoms with van der Waals surface area (Å²) in [5, 5.41) is 14.7. The Kier molecular flexibility index (Phi) is 4.41. The molecule has 0 aliphatic heterocycles. The molecule has 1 heterocycles. The number of hydrogen-bond acceptors (Lipinski definition) is 4. The van der Waals surface area contributed by atoms with Crippen LogP contribution in [-0.4, -0.2) is 17.9 Å². The molecule has 1 aromatic carbocycles. The SMILES string of the molecule is CNc1cc(C(=O)Nc2ccc(C#N)cc2Cl)cc(C)n1. The van der Waals surface area contributed by atoms with Crippen molar-refractivity contribution in [3.05, 3.63) is 52.2 Å². The van der Waals surface area contributed by atoms with Crippen LogP contribution in [0, 0.1) is 18.3 Å². The minimum absolute atomic E-state index is 0.288. The Bertz CT molecular complexity index is 737. The first kappa shape index (κ1) is 14.8. The van der Waals surface area contributed by atoms with Gasteiger partial charge < -0.3 is 10.6 Å². The van der Waals surface area contributed by atoms with E-state index in [-0.39, 0.29) is 5.91 Å². The van der Waals surface area contributed by atoms with E-state index in [4.69, 9.17) is 16.9 Å². The molecular weight excluding hydrogens is 288 g/mol. The summed E-state index contributed by atoms with van der Waals surface area (Å²) in [6.07, 6.45) is 0. The molecule has 5 nitrogen and oxygen atoms in total. The van der Waals surface area contributed by atoms with E-state index in [1.165, 1.54) is 6.07 Å². The van der Waals surface area contributed by atoms with Gasteiger partial charge in [0.25, 0.3) is 5.91 Å². The number of nitrogens with one attached hydrogen (secondary N) is 2. The lowest BCUT2D eigenvalue weighted by Crippen LogP contribution is -2.13. The predicted octanol–water partition coefficient (Wildman–Crippen LogP) is 3.21. The maximum Gasteiger partial charge on any atom is 0.255 e. The molecule has 0 aliphatic carbocycles. The van der Waals surface area contributed by atoms with Gasteiger partial charge in [-0.05, 0) is 37.3 Å². The van der Waals surface area contributed by atoms with Crippen LogP contribution in [0.15, 0.2) is 30.3 Å². The predicted molar refractivity (Wildman–Crippen MR) is 82.6 cm³/mol. The van der Waals surface area contributed by atoms with Gasteiger partial charge >= 0.3 is 0 Å². The fraction of sp³-hybridized carbons (Fsp3) is 0.133. The minimum atomic E-state index is -0.288. The number of nitrogens with zero attached hydrogens (tertiary/aromatic N) is 2. The Labute approximate surface area is 127 Å². The highest BCUT2D eigenvalue weighted by atomic mass is 35.5. The molecule has 21 heavy (non-hydrogen) atoms. The third-order valence-electron chi connectivity index (χ3n) is 2.82. The summed E-state index contributed by atoms with van der Waals surface area (Å²) in [4.78, 5) is 16.5. The van der Waals surface area contributed by atoms with Gasteiger partial charge in [-0.3, -0.25) is 4.79 Å². The molecule has 2 aromatic rings. The maximum atomic E-state index is 12.3. The first-order valence-electron chi connectivity index (χ1n) is 6.21. The summed E-state index contributed by atoms with van der Waals surface area (Å²) in [5.74, 6) is 0.328. The van der Waals surface area contributed by atoms with Crippen molar-refractivity contribution < 1.29 is 4.79 Å². The monoisotopic (exact) mass is 300 g/mol. The molecule has 0 atom stereocenters. The Morgan fingerprint density at radius 2 is 2.10 bits per heavy atom. The summed E-state index contributed by atoms with van der Waals surface area (Å²) in [7, 11) is 1.74. The first-order chi connectivity index (χ1) is 10.0. The van der Waals surface area contributed by atoms with E-state index >= 15 is 0 Å². The Hall–Kier alpha value is -2.58. The molecule has 1 aromatic heterocycles. The molecule has 106 valence electrons. The Morgan fingerprint density at radius 1 is 1.33 bits per heavy atom. The van der Waals surface area contributed by atoms with Gasteiger partial charge in [-0.1, -0.05) is 11.6 Å². The maximum absolute atomic E-state index is 12.3. The van der Waals surface area contributed by atoms with E-state index in [9.17, 15) is 4.79 Å². The van der Waals surface area contributed by atoms with Crippen molar-refractivity contribution in [3.8, 4) is 6.07 Å². The van der Waals surface area contributed by atoms with Crippen LogP contribution in [0.3, 0.4) is 0 Å². The van der Waals surface area contributed by atoms with Gasteiger partial charge in [0.05, 0.1) is 22.3 Å². The highest BCUT2D eigenvalue weighted by Crippen LogP contribution is 2.23. The van der Waals surface area contributed by atoms with Crippen LogP contribution < -0.4 is 10.6 Å². The number of benzene rings is 1. The van der Waals surface area contributed by atoms with Crippen LogP contribution in [0.5, 0.6) is 0 Å². The third-order valence-corrected chi connectivity index (χ3v) is 3.13. The van der Waals surface area contributed by atoms with Crippen LogP contribution in [0.4, 0.5) is 11.5 Å². The standard InChI is InChI=1S/C15H13ClN4O/c1-9-5-11(7-14(18-2)19-9)15(21)20-13-4-3-10(8-17)6-12(13)16/h3-7H,1-2H3,(H,18,19)(H,20,21). The zero-order valence-corrected chi connectivity index (χ0v) is 12.3. The fourth-order valence-corrected chi connectivity index (χ4v) is 2.04. The van der Waals surface area contributed by atoms with Gasteiger partial charge in [-0.25, -0.2) is 4.98 Å². The second-order valence-corrected chi connectivity index (χ2v) is 4.80. The number of aromatic nitrogens is 1. The zero-order chi connectivity index (χ0) is 15.4. The number of anilines is 2. The number of carbonyl (C=O) groups is 1. The van der Waals surface area contributed by atoms with Crippen LogP contribution >= 0.6 is 11.6 Å². The molecule has 0 spiro atoms. The van der Waals surface area contributed by atoms with Crippen molar-refractivity contribution in [1.29, 1.82) is 5.26 Å². The highest BCUT2D eigenvalue weighted by Gasteiger charge is 2.11. The van der Waals surface area contributed by atoms with E-state index < -0.39 is 0 Å². The molecule has 0 fully saturated rings. The fourth-order valence-electron chi connectivity index (χ4n) is 1.81. The zero-order valence-electron chi connectivity index (χ0n) is 11.6. The van der Waals surface area contributed by atoms with Crippen LogP contribution in [0.1, 0.15) is 21.6 Å². The minimum Gasteiger partial charge on any atom is -0.373 e. The molecule has 0 aliphatic rings. The van der Waals surface area contributed by atoms with Gasteiger partial charge in [0, 0.05) is 18.3 Å². The van der Waals surface area contributed by atoms with E-state index in [1.807, 2.05) is 13.0 Å². The average Bonchev–Trinajstić information content (AvgIpc) is 2.48. The van der Waals surface area contributed by atoms with Crippen LogP contribution in [0.2, 0.25) is 5.02 Å². The molecule has 2 rings (SSSR count). The molecule has 2 N–H and O–H groups in total. The number of hydrogen-bond donors (Lipinski definition) is 2. The van der Waals surface area contributed by atoms with Gasteiger partial charge in [0.2, 0.25) is 0 Å². The van der Waals surface area contributed by atoms with Crippen molar-refractivity contribution in [2.45, 2.75) is 6.92 Å². The summed E-state index contributed by atoms with van der Waals surface area (Å²) in [5.41, 5.74) is 2.11. The third kappa shape index (κ3) is 3.50. The molecule has 0 radical (unpaired) electrons. The largest absolute Gasteiger partial charge is 0.373 e. The van der Waals surface area contributed by atoms with Gasteiger partial charge in [-0.15, -0.1) is 0 Å². The van der Waals surface area contributed by atoms with Crippen LogP contribution in [-0.2, 0) is 0 Å². The first-order valence-corrected chi connectivity index (χ1v) is 6.58. The number of halogens is 1. The normalized spacial score (nSPS) is 9.81. The molecule has 0 saturated carbocycles.